The smallest absolute Gasteiger partial charge is 0.257 e. The molecule has 2 aromatic carbocycles. The van der Waals surface area contributed by atoms with E-state index in [2.05, 4.69) is 10.6 Å². The van der Waals surface area contributed by atoms with Gasteiger partial charge in [0.2, 0.25) is 17.6 Å². The van der Waals surface area contributed by atoms with Gasteiger partial charge in [-0.1, -0.05) is 6.07 Å². The lowest BCUT2D eigenvalue weighted by molar-refractivity contribution is -0.137. The lowest BCUT2D eigenvalue weighted by Crippen LogP contribution is -2.52. The number of fused-ring (bicyclic) bond motifs is 1. The van der Waals surface area contributed by atoms with Crippen LogP contribution in [0.15, 0.2) is 30.3 Å². The summed E-state index contributed by atoms with van der Waals surface area (Å²) in [5, 5.41) is 4.86. The number of carbonyl (C=O) groups is 4. The van der Waals surface area contributed by atoms with E-state index in [1.54, 1.807) is 30.3 Å². The van der Waals surface area contributed by atoms with Crippen LogP contribution < -0.4 is 42.0 Å². The van der Waals surface area contributed by atoms with Crippen LogP contribution in [-0.4, -0.2) is 68.5 Å². The quantitative estimate of drug-likeness (QED) is 0.225. The Hall–Kier alpha value is -4.52. The average molecular weight is 529 g/mol. The molecule has 2 aliphatic heterocycles. The van der Waals surface area contributed by atoms with E-state index >= 15 is 0 Å². The molecule has 0 saturated carbocycles. The minimum Gasteiger partial charge on any atom is -0.493 e. The summed E-state index contributed by atoms with van der Waals surface area (Å²) < 4.78 is 15.7. The van der Waals surface area contributed by atoms with Gasteiger partial charge in [0, 0.05) is 60.7 Å². The molecule has 0 aromatic heterocycles. The number of hydrogen-bond donors (Lipinski definition) is 5. The van der Waals surface area contributed by atoms with Crippen LogP contribution in [0.1, 0.15) is 28.8 Å². The van der Waals surface area contributed by atoms with E-state index in [9.17, 15) is 19.2 Å². The van der Waals surface area contributed by atoms with Crippen molar-refractivity contribution in [3.05, 3.63) is 41.5 Å². The molecule has 0 bridgehead atoms. The van der Waals surface area contributed by atoms with Gasteiger partial charge >= 0.3 is 0 Å². The number of nitrogens with one attached hydrogen (secondary N) is 2. The molecule has 8 N–H and O–H groups in total. The average Bonchev–Trinajstić information content (AvgIpc) is 3.23. The third kappa shape index (κ3) is 6.42. The molecule has 204 valence electrons. The number of ether oxygens (including phenoxy) is 3. The first-order valence-corrected chi connectivity index (χ1v) is 11.8. The minimum atomic E-state index is -0.586. The first-order valence-electron chi connectivity index (χ1n) is 11.8. The fourth-order valence-electron chi connectivity index (χ4n) is 4.05. The number of anilines is 2. The summed E-state index contributed by atoms with van der Waals surface area (Å²) in [7, 11) is 2.96. The second-order valence-electron chi connectivity index (χ2n) is 8.46. The van der Waals surface area contributed by atoms with Gasteiger partial charge in [-0.15, -0.1) is 0 Å². The molecular formula is C25H32N6O7. The molecule has 38 heavy (non-hydrogen) atoms. The Bertz CT molecular complexity index is 1190. The van der Waals surface area contributed by atoms with Crippen LogP contribution in [0.3, 0.4) is 0 Å². The summed E-state index contributed by atoms with van der Waals surface area (Å²) in [5.74, 6) is -0.0156. The normalized spacial score (nSPS) is 16.1. The maximum absolute atomic E-state index is 12.3. The van der Waals surface area contributed by atoms with Crippen LogP contribution in [0.25, 0.3) is 0 Å². The maximum Gasteiger partial charge on any atom is 0.257 e. The summed E-state index contributed by atoms with van der Waals surface area (Å²) in [6.45, 7) is 0.947. The molecule has 0 spiro atoms. The zero-order valence-corrected chi connectivity index (χ0v) is 21.2. The lowest BCUT2D eigenvalue weighted by atomic mass is 10.0. The Kier molecular flexibility index (Phi) is 9.33. The van der Waals surface area contributed by atoms with Crippen molar-refractivity contribution in [1.29, 1.82) is 0 Å². The van der Waals surface area contributed by atoms with Crippen molar-refractivity contribution in [2.45, 2.75) is 25.4 Å². The Morgan fingerprint density at radius 1 is 1.13 bits per heavy atom. The number of imide groups is 1. The molecule has 0 radical (unpaired) electrons. The summed E-state index contributed by atoms with van der Waals surface area (Å²) in [4.78, 5) is 48.2. The van der Waals surface area contributed by atoms with Crippen LogP contribution in [0.4, 0.5) is 11.4 Å². The zero-order chi connectivity index (χ0) is 27.8. The van der Waals surface area contributed by atoms with Crippen molar-refractivity contribution in [2.24, 2.45) is 5.73 Å². The van der Waals surface area contributed by atoms with Crippen molar-refractivity contribution in [1.82, 2.24) is 15.5 Å². The predicted molar refractivity (Wildman–Crippen MR) is 138 cm³/mol. The largest absolute Gasteiger partial charge is 0.493 e. The van der Waals surface area contributed by atoms with E-state index in [-0.39, 0.29) is 30.7 Å². The molecule has 1 atom stereocenters. The molecular weight excluding hydrogens is 496 g/mol. The van der Waals surface area contributed by atoms with E-state index in [4.69, 9.17) is 31.4 Å². The summed E-state index contributed by atoms with van der Waals surface area (Å²) in [5.41, 5.74) is 19.2. The highest BCUT2D eigenvalue weighted by Gasteiger charge is 2.39. The molecule has 1 unspecified atom stereocenters. The van der Waals surface area contributed by atoms with Crippen molar-refractivity contribution >= 4 is 35.0 Å². The molecule has 13 heteroatoms. The third-order valence-electron chi connectivity index (χ3n) is 5.92. The highest BCUT2D eigenvalue weighted by Crippen LogP contribution is 2.39. The molecule has 1 saturated heterocycles. The van der Waals surface area contributed by atoms with Gasteiger partial charge in [-0.25, -0.2) is 0 Å². The van der Waals surface area contributed by atoms with Crippen LogP contribution in [0.5, 0.6) is 17.2 Å². The molecule has 2 heterocycles. The van der Waals surface area contributed by atoms with Crippen LogP contribution in [0, 0.1) is 0 Å². The van der Waals surface area contributed by atoms with E-state index in [1.165, 1.54) is 19.1 Å². The monoisotopic (exact) mass is 528 g/mol. The van der Waals surface area contributed by atoms with Crippen LogP contribution in [0.2, 0.25) is 0 Å². The van der Waals surface area contributed by atoms with Crippen LogP contribution >= 0.6 is 0 Å². The Labute approximate surface area is 219 Å². The highest BCUT2D eigenvalue weighted by atomic mass is 16.5. The number of benzene rings is 2. The number of nitrogens with two attached hydrogens (primary N) is 3. The lowest BCUT2D eigenvalue weighted by Gasteiger charge is -2.29. The van der Waals surface area contributed by atoms with Gasteiger partial charge in [0.15, 0.2) is 18.1 Å². The Morgan fingerprint density at radius 3 is 2.39 bits per heavy atom. The molecule has 0 aliphatic carbocycles. The molecule has 4 rings (SSSR count). The Balaban J connectivity index is 0.000000211. The number of piperidine rings is 1. The van der Waals surface area contributed by atoms with Crippen molar-refractivity contribution in [3.8, 4) is 17.2 Å². The molecule has 4 amide bonds. The van der Waals surface area contributed by atoms with E-state index in [0.717, 1.165) is 5.56 Å². The summed E-state index contributed by atoms with van der Waals surface area (Å²) >= 11 is 0. The van der Waals surface area contributed by atoms with Gasteiger partial charge < -0.3 is 41.6 Å². The number of hydrogen-bond acceptors (Lipinski definition) is 10. The van der Waals surface area contributed by atoms with Gasteiger partial charge in [0.1, 0.15) is 6.04 Å². The SMILES string of the molecule is COc1cc(N)cc(OC)c1OCC(=O)NCCN.Nc1cccc2c1CN(C1CCC(=O)NC1=O)C2=O. The number of methoxy groups -OCH3 is 2. The standard InChI is InChI=1S/C13H13N3O3.C12H19N3O4/c14-9-3-1-2-7-8(9)6-16(13(7)19)10-4-5-11(17)15-12(10)18;1-17-9-5-8(14)6-10(18-2)12(9)19-7-11(16)15-4-3-13/h1-3,10H,4-6,14H2,(H,15,17,18);5-6H,3-4,7,13-14H2,1-2H3,(H,15,16). The minimum absolute atomic E-state index is 0.156. The number of nitrogen functional groups attached to an aromatic ring is 2. The molecule has 1 fully saturated rings. The topological polar surface area (TPSA) is 201 Å². The summed E-state index contributed by atoms with van der Waals surface area (Å²) in [6, 6.07) is 7.77. The first kappa shape index (κ1) is 28.1. The van der Waals surface area contributed by atoms with Crippen molar-refractivity contribution in [3.63, 3.8) is 0 Å². The number of rotatable bonds is 8. The van der Waals surface area contributed by atoms with Crippen LogP contribution in [-0.2, 0) is 20.9 Å². The first-order chi connectivity index (χ1) is 18.2. The molecule has 13 nitrogen and oxygen atoms in total. The van der Waals surface area contributed by atoms with Crippen molar-refractivity contribution in [2.75, 3.05) is 45.4 Å². The fraction of sp³-hybridized carbons (Fsp3) is 0.360. The summed E-state index contributed by atoms with van der Waals surface area (Å²) in [6.07, 6.45) is 0.621. The zero-order valence-electron chi connectivity index (χ0n) is 21.2. The number of nitrogens with zero attached hydrogens (tertiary/aromatic N) is 1. The van der Waals surface area contributed by atoms with Gasteiger partial charge in [-0.2, -0.15) is 0 Å². The molecule has 2 aromatic rings. The van der Waals surface area contributed by atoms with Gasteiger partial charge in [0.05, 0.1) is 14.2 Å². The third-order valence-corrected chi connectivity index (χ3v) is 5.92. The second-order valence-corrected chi connectivity index (χ2v) is 8.46. The predicted octanol–water partition coefficient (Wildman–Crippen LogP) is -0.230. The van der Waals surface area contributed by atoms with E-state index in [0.29, 0.717) is 60.2 Å². The van der Waals surface area contributed by atoms with Gasteiger partial charge in [-0.3, -0.25) is 24.5 Å². The van der Waals surface area contributed by atoms with Gasteiger partial charge in [-0.05, 0) is 18.6 Å². The fourth-order valence-corrected chi connectivity index (χ4v) is 4.05. The van der Waals surface area contributed by atoms with Gasteiger partial charge in [0.25, 0.3) is 11.8 Å². The Morgan fingerprint density at radius 2 is 1.82 bits per heavy atom. The second kappa shape index (κ2) is 12.6. The molecule has 2 aliphatic rings. The van der Waals surface area contributed by atoms with E-state index < -0.39 is 11.9 Å². The highest BCUT2D eigenvalue weighted by molar-refractivity contribution is 6.06. The number of amides is 4. The van der Waals surface area contributed by atoms with E-state index in [1.807, 2.05) is 0 Å². The van der Waals surface area contributed by atoms with Crippen molar-refractivity contribution < 1.29 is 33.4 Å². The number of carbonyl (C=O) groups excluding carboxylic acids is 4. The maximum atomic E-state index is 12.3.